The number of nitrogens with one attached hydrogen (secondary N) is 1. The number of hydrogen-bond donors (Lipinski definition) is 1. The predicted octanol–water partition coefficient (Wildman–Crippen LogP) is 0.899. The van der Waals surface area contributed by atoms with Crippen LogP contribution in [0.5, 0.6) is 0 Å². The van der Waals surface area contributed by atoms with E-state index < -0.39 is 0 Å². The lowest BCUT2D eigenvalue weighted by molar-refractivity contribution is -0.150. The topological polar surface area (TPSA) is 61.9 Å². The summed E-state index contributed by atoms with van der Waals surface area (Å²) in [7, 11) is 1.73. The summed E-state index contributed by atoms with van der Waals surface area (Å²) < 4.78 is 18.3. The van der Waals surface area contributed by atoms with E-state index in [0.29, 0.717) is 18.8 Å². The molecule has 0 aliphatic carbocycles. The van der Waals surface area contributed by atoms with Crippen LogP contribution in [0.15, 0.2) is 24.3 Å². The van der Waals surface area contributed by atoms with Crippen molar-refractivity contribution in [3.8, 4) is 0 Å². The first-order chi connectivity index (χ1) is 10.0. The van der Waals surface area contributed by atoms with Crippen LogP contribution >= 0.6 is 0 Å². The number of fused-ring (bicyclic) bond motifs is 1. The molecule has 1 aromatic carbocycles. The Hall–Kier alpha value is -2.15. The van der Waals surface area contributed by atoms with Crippen LogP contribution in [0.1, 0.15) is 0 Å². The van der Waals surface area contributed by atoms with Crippen molar-refractivity contribution < 1.29 is 18.7 Å². The Labute approximate surface area is 121 Å². The maximum absolute atomic E-state index is 12.8. The summed E-state index contributed by atoms with van der Waals surface area (Å²) >= 11 is 0. The summed E-state index contributed by atoms with van der Waals surface area (Å²) in [5, 5.41) is 2.71. The Balaban J connectivity index is 1.64. The Morgan fingerprint density at radius 2 is 2.05 bits per heavy atom. The molecule has 7 heteroatoms. The minimum absolute atomic E-state index is 0.0606. The van der Waals surface area contributed by atoms with Gasteiger partial charge in [-0.15, -0.1) is 0 Å². The molecular weight excluding hydrogens is 277 g/mol. The second kappa shape index (κ2) is 5.33. The van der Waals surface area contributed by atoms with Crippen molar-refractivity contribution in [3.05, 3.63) is 30.1 Å². The number of anilines is 1. The summed E-state index contributed by atoms with van der Waals surface area (Å²) in [6.07, 6.45) is -0.147. The van der Waals surface area contributed by atoms with Gasteiger partial charge in [0.25, 0.3) is 0 Å². The summed E-state index contributed by atoms with van der Waals surface area (Å²) in [4.78, 5) is 27.0. The molecule has 0 spiro atoms. The van der Waals surface area contributed by atoms with Crippen LogP contribution in [0.25, 0.3) is 0 Å². The Bertz CT molecular complexity index is 563. The van der Waals surface area contributed by atoms with Gasteiger partial charge < -0.3 is 19.9 Å². The molecule has 2 fully saturated rings. The number of likely N-dealkylation sites (tertiary alicyclic amines) is 1. The van der Waals surface area contributed by atoms with Crippen LogP contribution in [-0.2, 0) is 9.53 Å². The van der Waals surface area contributed by atoms with Crippen LogP contribution in [0, 0.1) is 5.82 Å². The molecular formula is C14H16FN3O3. The number of nitrogens with zero attached hydrogens (tertiary/aromatic N) is 2. The maximum atomic E-state index is 12.8. The van der Waals surface area contributed by atoms with Crippen LogP contribution in [0.3, 0.4) is 0 Å². The highest BCUT2D eigenvalue weighted by Gasteiger charge is 2.43. The third-order valence-electron chi connectivity index (χ3n) is 3.93. The molecule has 2 aliphatic heterocycles. The Morgan fingerprint density at radius 3 is 2.76 bits per heavy atom. The monoisotopic (exact) mass is 293 g/mol. The zero-order valence-corrected chi connectivity index (χ0v) is 11.6. The Morgan fingerprint density at radius 1 is 1.33 bits per heavy atom. The summed E-state index contributed by atoms with van der Waals surface area (Å²) in [5.74, 6) is -0.425. The van der Waals surface area contributed by atoms with Gasteiger partial charge in [-0.2, -0.15) is 0 Å². The SMILES string of the molecule is CN1C(=O)CO[C@H]2CN(C(=O)Nc3ccc(F)cc3)C[C@H]21. The summed E-state index contributed by atoms with van der Waals surface area (Å²) in [6.45, 7) is 0.931. The van der Waals surface area contributed by atoms with Gasteiger partial charge >= 0.3 is 6.03 Å². The number of rotatable bonds is 1. The number of urea groups is 1. The average molecular weight is 293 g/mol. The first-order valence-corrected chi connectivity index (χ1v) is 6.73. The van der Waals surface area contributed by atoms with Gasteiger partial charge in [0.05, 0.1) is 18.7 Å². The smallest absolute Gasteiger partial charge is 0.322 e. The molecule has 21 heavy (non-hydrogen) atoms. The van der Waals surface area contributed by atoms with Gasteiger partial charge in [-0.25, -0.2) is 9.18 Å². The van der Waals surface area contributed by atoms with Gasteiger partial charge in [-0.05, 0) is 24.3 Å². The molecule has 0 radical (unpaired) electrons. The highest BCUT2D eigenvalue weighted by atomic mass is 19.1. The van der Waals surface area contributed by atoms with Crippen molar-refractivity contribution in [2.75, 3.05) is 32.1 Å². The summed E-state index contributed by atoms with van der Waals surface area (Å²) in [5.41, 5.74) is 0.529. The fourth-order valence-electron chi connectivity index (χ4n) is 2.66. The van der Waals surface area contributed by atoms with Crippen molar-refractivity contribution in [1.29, 1.82) is 0 Å². The summed E-state index contributed by atoms with van der Waals surface area (Å²) in [6, 6.07) is 5.19. The van der Waals surface area contributed by atoms with Gasteiger partial charge in [0.1, 0.15) is 12.4 Å². The molecule has 2 aliphatic rings. The zero-order chi connectivity index (χ0) is 15.0. The van der Waals surface area contributed by atoms with E-state index in [9.17, 15) is 14.0 Å². The van der Waals surface area contributed by atoms with E-state index in [0.717, 1.165) is 0 Å². The first-order valence-electron chi connectivity index (χ1n) is 6.73. The van der Waals surface area contributed by atoms with E-state index in [1.54, 1.807) is 16.8 Å². The normalized spacial score (nSPS) is 25.0. The number of carbonyl (C=O) groups excluding carboxylic acids is 2. The lowest BCUT2D eigenvalue weighted by Gasteiger charge is -2.33. The van der Waals surface area contributed by atoms with E-state index in [2.05, 4.69) is 5.32 Å². The molecule has 0 unspecified atom stereocenters. The van der Waals surface area contributed by atoms with Gasteiger partial charge in [-0.3, -0.25) is 4.79 Å². The molecule has 2 heterocycles. The number of halogens is 1. The highest BCUT2D eigenvalue weighted by Crippen LogP contribution is 2.23. The second-order valence-corrected chi connectivity index (χ2v) is 5.26. The highest BCUT2D eigenvalue weighted by molar-refractivity contribution is 5.89. The number of hydrogen-bond acceptors (Lipinski definition) is 3. The number of morpholine rings is 1. The standard InChI is InChI=1S/C14H16FN3O3/c1-17-11-6-18(7-12(11)21-8-13(17)19)14(20)16-10-4-2-9(15)3-5-10/h2-5,11-12H,6-8H2,1H3,(H,16,20)/t11-,12+/m1/s1. The van der Waals surface area contributed by atoms with Crippen molar-refractivity contribution in [2.45, 2.75) is 12.1 Å². The van der Waals surface area contributed by atoms with Gasteiger partial charge in [0.2, 0.25) is 5.91 Å². The number of carbonyl (C=O) groups is 2. The fraction of sp³-hybridized carbons (Fsp3) is 0.429. The number of amides is 3. The minimum Gasteiger partial charge on any atom is -0.364 e. The zero-order valence-electron chi connectivity index (χ0n) is 11.6. The van der Waals surface area contributed by atoms with E-state index in [1.165, 1.54) is 24.3 Å². The fourth-order valence-corrected chi connectivity index (χ4v) is 2.66. The first kappa shape index (κ1) is 13.8. The van der Waals surface area contributed by atoms with Crippen molar-refractivity contribution in [2.24, 2.45) is 0 Å². The molecule has 3 amide bonds. The van der Waals surface area contributed by atoms with Crippen LogP contribution in [0.2, 0.25) is 0 Å². The quantitative estimate of drug-likeness (QED) is 0.837. The lowest BCUT2D eigenvalue weighted by Crippen LogP contribution is -2.51. The molecule has 1 N–H and O–H groups in total. The van der Waals surface area contributed by atoms with Crippen LogP contribution in [0.4, 0.5) is 14.9 Å². The molecule has 0 aromatic heterocycles. The minimum atomic E-state index is -0.353. The molecule has 6 nitrogen and oxygen atoms in total. The third kappa shape index (κ3) is 2.69. The number of ether oxygens (including phenoxy) is 1. The van der Waals surface area contributed by atoms with Gasteiger partial charge in [0.15, 0.2) is 0 Å². The number of likely N-dealkylation sites (N-methyl/N-ethyl adjacent to an activating group) is 1. The predicted molar refractivity (Wildman–Crippen MR) is 73.3 cm³/mol. The van der Waals surface area contributed by atoms with Crippen LogP contribution in [-0.4, -0.2) is 60.6 Å². The van der Waals surface area contributed by atoms with E-state index in [4.69, 9.17) is 4.74 Å². The van der Waals surface area contributed by atoms with Crippen molar-refractivity contribution >= 4 is 17.6 Å². The molecule has 112 valence electrons. The molecule has 1 aromatic rings. The third-order valence-corrected chi connectivity index (χ3v) is 3.93. The molecule has 3 rings (SSSR count). The molecule has 0 saturated carbocycles. The second-order valence-electron chi connectivity index (χ2n) is 5.26. The van der Waals surface area contributed by atoms with Gasteiger partial charge in [-0.1, -0.05) is 0 Å². The van der Waals surface area contributed by atoms with Crippen molar-refractivity contribution in [1.82, 2.24) is 9.80 Å². The lowest BCUT2D eigenvalue weighted by atomic mass is 10.1. The maximum Gasteiger partial charge on any atom is 0.322 e. The van der Waals surface area contributed by atoms with E-state index in [-0.39, 0.29) is 36.5 Å². The Kier molecular flexibility index (Phi) is 3.50. The van der Waals surface area contributed by atoms with E-state index >= 15 is 0 Å². The molecule has 2 saturated heterocycles. The van der Waals surface area contributed by atoms with Crippen LogP contribution < -0.4 is 5.32 Å². The largest absolute Gasteiger partial charge is 0.364 e. The van der Waals surface area contributed by atoms with E-state index in [1.807, 2.05) is 0 Å². The number of benzene rings is 1. The average Bonchev–Trinajstić information content (AvgIpc) is 2.90. The van der Waals surface area contributed by atoms with Crippen molar-refractivity contribution in [3.63, 3.8) is 0 Å². The molecule has 0 bridgehead atoms. The molecule has 2 atom stereocenters. The van der Waals surface area contributed by atoms with Gasteiger partial charge in [0, 0.05) is 19.3 Å².